The van der Waals surface area contributed by atoms with Gasteiger partial charge in [-0.3, -0.25) is 4.79 Å². The summed E-state index contributed by atoms with van der Waals surface area (Å²) in [7, 11) is 1.64. The van der Waals surface area contributed by atoms with Crippen molar-refractivity contribution in [2.24, 2.45) is 0 Å². The third-order valence-corrected chi connectivity index (χ3v) is 2.75. The number of para-hydroxylation sites is 1. The largest absolute Gasteiger partial charge is 0.380 e. The van der Waals surface area contributed by atoms with Crippen molar-refractivity contribution in [3.05, 3.63) is 41.2 Å². The lowest BCUT2D eigenvalue weighted by atomic mass is 10.2. The Labute approximate surface area is 105 Å². The Hall–Kier alpha value is -2.01. The lowest BCUT2D eigenvalue weighted by Gasteiger charge is -2.09. The summed E-state index contributed by atoms with van der Waals surface area (Å²) in [6.07, 6.45) is 0. The van der Waals surface area contributed by atoms with E-state index in [-0.39, 0.29) is 5.78 Å². The zero-order valence-corrected chi connectivity index (χ0v) is 10.7. The Morgan fingerprint density at radius 1 is 1.39 bits per heavy atom. The molecule has 0 amide bonds. The van der Waals surface area contributed by atoms with Gasteiger partial charge in [-0.25, -0.2) is 4.68 Å². The maximum atomic E-state index is 11.4. The standard InChI is InChI=1S/C13H15N3O2/c1-9-13(10(2)17)14-15-16(9)12-7-5-4-6-11(12)8-18-3/h4-7H,8H2,1-3H3. The Bertz CT molecular complexity index is 575. The summed E-state index contributed by atoms with van der Waals surface area (Å²) < 4.78 is 6.83. The van der Waals surface area contributed by atoms with Crippen molar-refractivity contribution in [3.63, 3.8) is 0 Å². The maximum Gasteiger partial charge on any atom is 0.181 e. The molecular weight excluding hydrogens is 230 g/mol. The first-order chi connectivity index (χ1) is 8.65. The van der Waals surface area contributed by atoms with E-state index in [1.165, 1.54) is 6.92 Å². The minimum atomic E-state index is -0.0806. The van der Waals surface area contributed by atoms with Crippen molar-refractivity contribution in [3.8, 4) is 5.69 Å². The lowest BCUT2D eigenvalue weighted by molar-refractivity contribution is 0.101. The maximum absolute atomic E-state index is 11.4. The fourth-order valence-corrected chi connectivity index (χ4v) is 1.88. The number of nitrogens with zero attached hydrogens (tertiary/aromatic N) is 3. The van der Waals surface area contributed by atoms with Gasteiger partial charge in [-0.15, -0.1) is 5.10 Å². The van der Waals surface area contributed by atoms with E-state index in [0.717, 1.165) is 16.9 Å². The summed E-state index contributed by atoms with van der Waals surface area (Å²) in [5.41, 5.74) is 3.04. The molecule has 0 aliphatic carbocycles. The van der Waals surface area contributed by atoms with E-state index in [9.17, 15) is 4.79 Å². The highest BCUT2D eigenvalue weighted by Crippen LogP contribution is 2.17. The topological polar surface area (TPSA) is 57.0 Å². The molecule has 0 unspecified atom stereocenters. The first-order valence-electron chi connectivity index (χ1n) is 5.65. The van der Waals surface area contributed by atoms with E-state index >= 15 is 0 Å². The van der Waals surface area contributed by atoms with Crippen molar-refractivity contribution < 1.29 is 9.53 Å². The molecule has 0 saturated heterocycles. The summed E-state index contributed by atoms with van der Waals surface area (Å²) >= 11 is 0. The van der Waals surface area contributed by atoms with Gasteiger partial charge < -0.3 is 4.74 Å². The Kier molecular flexibility index (Phi) is 3.53. The van der Waals surface area contributed by atoms with Crippen LogP contribution in [0.15, 0.2) is 24.3 Å². The van der Waals surface area contributed by atoms with E-state index in [1.54, 1.807) is 11.8 Å². The average Bonchev–Trinajstić information content (AvgIpc) is 2.72. The molecule has 1 aromatic carbocycles. The highest BCUT2D eigenvalue weighted by atomic mass is 16.5. The minimum Gasteiger partial charge on any atom is -0.380 e. The number of aromatic nitrogens is 3. The summed E-state index contributed by atoms with van der Waals surface area (Å²) in [6.45, 7) is 3.81. The predicted molar refractivity (Wildman–Crippen MR) is 66.8 cm³/mol. The number of carbonyl (C=O) groups is 1. The molecule has 0 radical (unpaired) electrons. The van der Waals surface area contributed by atoms with E-state index in [2.05, 4.69) is 10.3 Å². The van der Waals surface area contributed by atoms with Crippen molar-refractivity contribution in [1.29, 1.82) is 0 Å². The van der Waals surface area contributed by atoms with Crippen molar-refractivity contribution in [1.82, 2.24) is 15.0 Å². The Morgan fingerprint density at radius 3 is 2.72 bits per heavy atom. The summed E-state index contributed by atoms with van der Waals surface area (Å²) in [5.74, 6) is -0.0806. The summed E-state index contributed by atoms with van der Waals surface area (Å²) in [6, 6.07) is 7.76. The van der Waals surface area contributed by atoms with E-state index < -0.39 is 0 Å². The number of Topliss-reactive ketones (excluding diaryl/α,β-unsaturated/α-hetero) is 1. The molecule has 94 valence electrons. The number of hydrogen-bond acceptors (Lipinski definition) is 4. The monoisotopic (exact) mass is 245 g/mol. The van der Waals surface area contributed by atoms with Crippen LogP contribution in [0.2, 0.25) is 0 Å². The Morgan fingerprint density at radius 2 is 2.11 bits per heavy atom. The molecule has 1 heterocycles. The molecule has 0 aliphatic rings. The van der Waals surface area contributed by atoms with Crippen LogP contribution in [0.1, 0.15) is 28.7 Å². The predicted octanol–water partition coefficient (Wildman–Crippen LogP) is 1.92. The van der Waals surface area contributed by atoms with Gasteiger partial charge in [0.1, 0.15) is 0 Å². The van der Waals surface area contributed by atoms with Crippen molar-refractivity contribution in [2.75, 3.05) is 7.11 Å². The first kappa shape index (κ1) is 12.4. The zero-order valence-electron chi connectivity index (χ0n) is 10.7. The summed E-state index contributed by atoms with van der Waals surface area (Å²) in [5, 5.41) is 7.96. The molecule has 2 rings (SSSR count). The van der Waals surface area contributed by atoms with Crippen LogP contribution >= 0.6 is 0 Å². The molecule has 0 saturated carbocycles. The molecule has 0 N–H and O–H groups in total. The van der Waals surface area contributed by atoms with Crippen LogP contribution in [0, 0.1) is 6.92 Å². The molecule has 5 nitrogen and oxygen atoms in total. The average molecular weight is 245 g/mol. The van der Waals surface area contributed by atoms with Gasteiger partial charge in [0.25, 0.3) is 0 Å². The number of benzene rings is 1. The van der Waals surface area contributed by atoms with E-state index in [4.69, 9.17) is 4.74 Å². The molecule has 0 spiro atoms. The van der Waals surface area contributed by atoms with Gasteiger partial charge in [0.2, 0.25) is 0 Å². The van der Waals surface area contributed by atoms with Crippen LogP contribution in [-0.4, -0.2) is 27.9 Å². The van der Waals surface area contributed by atoms with Gasteiger partial charge in [-0.2, -0.15) is 0 Å². The first-order valence-corrected chi connectivity index (χ1v) is 5.65. The lowest BCUT2D eigenvalue weighted by Crippen LogP contribution is -2.05. The van der Waals surface area contributed by atoms with Crippen molar-refractivity contribution >= 4 is 5.78 Å². The smallest absolute Gasteiger partial charge is 0.181 e. The highest BCUT2D eigenvalue weighted by Gasteiger charge is 2.15. The number of ether oxygens (including phenoxy) is 1. The second-order valence-electron chi connectivity index (χ2n) is 4.05. The van der Waals surface area contributed by atoms with Crippen LogP contribution in [0.4, 0.5) is 0 Å². The quantitative estimate of drug-likeness (QED) is 0.772. The number of hydrogen-bond donors (Lipinski definition) is 0. The van der Waals surface area contributed by atoms with Gasteiger partial charge >= 0.3 is 0 Å². The number of methoxy groups -OCH3 is 1. The Balaban J connectivity index is 2.52. The molecule has 0 fully saturated rings. The second-order valence-corrected chi connectivity index (χ2v) is 4.05. The van der Waals surface area contributed by atoms with Gasteiger partial charge in [0, 0.05) is 19.6 Å². The zero-order chi connectivity index (χ0) is 13.1. The molecule has 5 heteroatoms. The minimum absolute atomic E-state index is 0.0806. The summed E-state index contributed by atoms with van der Waals surface area (Å²) in [4.78, 5) is 11.4. The van der Waals surface area contributed by atoms with Crippen LogP contribution in [0.5, 0.6) is 0 Å². The third-order valence-electron chi connectivity index (χ3n) is 2.75. The second kappa shape index (κ2) is 5.10. The van der Waals surface area contributed by atoms with E-state index in [0.29, 0.717) is 12.3 Å². The van der Waals surface area contributed by atoms with E-state index in [1.807, 2.05) is 31.2 Å². The molecular formula is C13H15N3O2. The van der Waals surface area contributed by atoms with Gasteiger partial charge in [-0.1, -0.05) is 23.4 Å². The van der Waals surface area contributed by atoms with Crippen LogP contribution in [-0.2, 0) is 11.3 Å². The number of carbonyl (C=O) groups excluding carboxylic acids is 1. The van der Waals surface area contributed by atoms with Gasteiger partial charge in [0.15, 0.2) is 11.5 Å². The van der Waals surface area contributed by atoms with Crippen LogP contribution in [0.25, 0.3) is 5.69 Å². The van der Waals surface area contributed by atoms with Gasteiger partial charge in [-0.05, 0) is 13.0 Å². The fraction of sp³-hybridized carbons (Fsp3) is 0.308. The number of rotatable bonds is 4. The molecule has 0 atom stereocenters. The number of ketones is 1. The fourth-order valence-electron chi connectivity index (χ4n) is 1.88. The van der Waals surface area contributed by atoms with Crippen LogP contribution < -0.4 is 0 Å². The normalized spacial score (nSPS) is 10.6. The van der Waals surface area contributed by atoms with Gasteiger partial charge in [0.05, 0.1) is 18.0 Å². The molecule has 18 heavy (non-hydrogen) atoms. The van der Waals surface area contributed by atoms with Crippen LogP contribution in [0.3, 0.4) is 0 Å². The molecule has 2 aromatic rings. The third kappa shape index (κ3) is 2.17. The highest BCUT2D eigenvalue weighted by molar-refractivity contribution is 5.93. The molecule has 1 aromatic heterocycles. The SMILES string of the molecule is COCc1ccccc1-n1nnc(C(C)=O)c1C. The molecule has 0 bridgehead atoms. The molecule has 0 aliphatic heterocycles. The van der Waals surface area contributed by atoms with Crippen molar-refractivity contribution in [2.45, 2.75) is 20.5 Å².